The molecule has 2 aromatic carbocycles. The van der Waals surface area contributed by atoms with Gasteiger partial charge in [-0.15, -0.1) is 0 Å². The van der Waals surface area contributed by atoms with E-state index in [1.54, 1.807) is 24.3 Å². The second kappa shape index (κ2) is 7.17. The average Bonchev–Trinajstić information content (AvgIpc) is 3.06. The van der Waals surface area contributed by atoms with Crippen LogP contribution in [0.25, 0.3) is 0 Å². The Labute approximate surface area is 145 Å². The summed E-state index contributed by atoms with van der Waals surface area (Å²) in [6, 6.07) is 15.9. The Morgan fingerprint density at radius 3 is 2.40 bits per heavy atom. The minimum Gasteiger partial charge on any atom is -0.508 e. The maximum absolute atomic E-state index is 12.5. The maximum atomic E-state index is 12.5. The lowest BCUT2D eigenvalue weighted by molar-refractivity contribution is -0.141. The van der Waals surface area contributed by atoms with Gasteiger partial charge in [-0.3, -0.25) is 9.59 Å². The Kier molecular flexibility index (Phi) is 4.79. The first-order chi connectivity index (χ1) is 12.1. The highest BCUT2D eigenvalue weighted by molar-refractivity contribution is 6.03. The van der Waals surface area contributed by atoms with E-state index in [9.17, 15) is 14.7 Å². The Morgan fingerprint density at radius 1 is 1.04 bits per heavy atom. The molecule has 0 spiro atoms. The fourth-order valence-corrected chi connectivity index (χ4v) is 2.89. The molecule has 3 rings (SSSR count). The highest BCUT2D eigenvalue weighted by atomic mass is 16.4. The summed E-state index contributed by atoms with van der Waals surface area (Å²) in [4.78, 5) is 23.3. The molecule has 6 heteroatoms. The van der Waals surface area contributed by atoms with Gasteiger partial charge in [-0.25, -0.2) is 5.01 Å². The quantitative estimate of drug-likeness (QED) is 0.877. The summed E-state index contributed by atoms with van der Waals surface area (Å²) in [5.41, 5.74) is 2.23. The maximum Gasteiger partial charge on any atom is 0.303 e. The van der Waals surface area contributed by atoms with Crippen LogP contribution in [0.4, 0.5) is 0 Å². The minimum absolute atomic E-state index is 0.0908. The van der Waals surface area contributed by atoms with E-state index in [-0.39, 0.29) is 24.5 Å². The summed E-state index contributed by atoms with van der Waals surface area (Å²) >= 11 is 0. The molecule has 25 heavy (non-hydrogen) atoms. The van der Waals surface area contributed by atoms with Crippen LogP contribution >= 0.6 is 0 Å². The summed E-state index contributed by atoms with van der Waals surface area (Å²) in [6.07, 6.45) is 0.0738. The lowest BCUT2D eigenvalue weighted by Gasteiger charge is -2.22. The Hall–Kier alpha value is -3.15. The zero-order valence-corrected chi connectivity index (χ0v) is 13.5. The molecule has 0 aromatic heterocycles. The summed E-state index contributed by atoms with van der Waals surface area (Å²) < 4.78 is 0. The zero-order chi connectivity index (χ0) is 17.8. The molecule has 1 heterocycles. The van der Waals surface area contributed by atoms with Crippen molar-refractivity contribution in [3.8, 4) is 5.75 Å². The van der Waals surface area contributed by atoms with Crippen molar-refractivity contribution in [3.05, 3.63) is 65.7 Å². The number of carboxylic acids is 1. The number of aromatic hydroxyl groups is 1. The van der Waals surface area contributed by atoms with Crippen LogP contribution in [0.3, 0.4) is 0 Å². The smallest absolute Gasteiger partial charge is 0.303 e. The highest BCUT2D eigenvalue weighted by Gasteiger charge is 2.34. The number of carbonyl (C=O) groups is 2. The van der Waals surface area contributed by atoms with Gasteiger partial charge in [-0.05, 0) is 11.6 Å². The van der Waals surface area contributed by atoms with E-state index < -0.39 is 12.0 Å². The van der Waals surface area contributed by atoms with Crippen LogP contribution in [0.5, 0.6) is 5.75 Å². The van der Waals surface area contributed by atoms with E-state index >= 15 is 0 Å². The largest absolute Gasteiger partial charge is 0.508 e. The van der Waals surface area contributed by atoms with Crippen molar-refractivity contribution >= 4 is 17.6 Å². The third kappa shape index (κ3) is 3.68. The number of nitrogens with zero attached hydrogens (tertiary/aromatic N) is 2. The van der Waals surface area contributed by atoms with E-state index in [1.807, 2.05) is 30.3 Å². The van der Waals surface area contributed by atoms with Gasteiger partial charge in [0.15, 0.2) is 0 Å². The first kappa shape index (κ1) is 16.7. The van der Waals surface area contributed by atoms with Crippen LogP contribution in [-0.4, -0.2) is 32.8 Å². The van der Waals surface area contributed by atoms with Crippen LogP contribution in [0.1, 0.15) is 36.4 Å². The normalized spacial score (nSPS) is 16.6. The topological polar surface area (TPSA) is 90.2 Å². The summed E-state index contributed by atoms with van der Waals surface area (Å²) in [5, 5.41) is 24.7. The SMILES string of the molecule is O=C(O)CCC(=O)N1N=C(c2ccccc2)C[C@H]1c1ccccc1O. The average molecular weight is 338 g/mol. The highest BCUT2D eigenvalue weighted by Crippen LogP contribution is 2.37. The van der Waals surface area contributed by atoms with Crippen molar-refractivity contribution in [2.75, 3.05) is 0 Å². The van der Waals surface area contributed by atoms with Crippen LogP contribution in [0, 0.1) is 0 Å². The van der Waals surface area contributed by atoms with Gasteiger partial charge in [-0.1, -0.05) is 48.5 Å². The second-order valence-corrected chi connectivity index (χ2v) is 5.82. The molecule has 0 radical (unpaired) electrons. The molecule has 1 aliphatic rings. The third-order valence-corrected chi connectivity index (χ3v) is 4.12. The van der Waals surface area contributed by atoms with Crippen molar-refractivity contribution < 1.29 is 19.8 Å². The number of rotatable bonds is 5. The molecule has 1 aliphatic heterocycles. The fraction of sp³-hybridized carbons (Fsp3) is 0.211. The minimum atomic E-state index is -1.03. The van der Waals surface area contributed by atoms with Crippen molar-refractivity contribution in [1.29, 1.82) is 0 Å². The lowest BCUT2D eigenvalue weighted by Crippen LogP contribution is -2.27. The number of aliphatic carboxylic acids is 1. The van der Waals surface area contributed by atoms with Crippen molar-refractivity contribution in [2.45, 2.75) is 25.3 Å². The van der Waals surface area contributed by atoms with Gasteiger partial charge < -0.3 is 10.2 Å². The van der Waals surface area contributed by atoms with E-state index in [4.69, 9.17) is 5.11 Å². The van der Waals surface area contributed by atoms with Crippen LogP contribution in [0.2, 0.25) is 0 Å². The van der Waals surface area contributed by atoms with Gasteiger partial charge in [0.05, 0.1) is 18.2 Å². The van der Waals surface area contributed by atoms with Gasteiger partial charge in [-0.2, -0.15) is 5.10 Å². The van der Waals surface area contributed by atoms with Gasteiger partial charge in [0.2, 0.25) is 5.91 Å². The van der Waals surface area contributed by atoms with Crippen LogP contribution < -0.4 is 0 Å². The molecule has 0 aliphatic carbocycles. The molecule has 128 valence electrons. The third-order valence-electron chi connectivity index (χ3n) is 4.12. The molecule has 1 amide bonds. The summed E-state index contributed by atoms with van der Waals surface area (Å²) in [6.45, 7) is 0. The lowest BCUT2D eigenvalue weighted by atomic mass is 9.97. The molecule has 0 saturated heterocycles. The molecule has 6 nitrogen and oxygen atoms in total. The molecule has 2 N–H and O–H groups in total. The monoisotopic (exact) mass is 338 g/mol. The Bertz CT molecular complexity index is 817. The van der Waals surface area contributed by atoms with E-state index in [2.05, 4.69) is 5.10 Å². The summed E-state index contributed by atoms with van der Waals surface area (Å²) in [7, 11) is 0. The second-order valence-electron chi connectivity index (χ2n) is 5.82. The molecule has 2 aromatic rings. The number of hydrogen-bond acceptors (Lipinski definition) is 4. The number of phenolic OH excluding ortho intramolecular Hbond substituents is 1. The molecular formula is C19H18N2O4. The van der Waals surface area contributed by atoms with Gasteiger partial charge in [0.1, 0.15) is 5.75 Å². The van der Waals surface area contributed by atoms with Gasteiger partial charge in [0, 0.05) is 18.4 Å². The van der Waals surface area contributed by atoms with Crippen molar-refractivity contribution in [1.82, 2.24) is 5.01 Å². The van der Waals surface area contributed by atoms with Crippen LogP contribution in [0.15, 0.2) is 59.7 Å². The molecule has 0 fully saturated rings. The summed E-state index contributed by atoms with van der Waals surface area (Å²) in [5.74, 6) is -1.31. The zero-order valence-electron chi connectivity index (χ0n) is 13.5. The van der Waals surface area contributed by atoms with E-state index in [0.717, 1.165) is 11.3 Å². The van der Waals surface area contributed by atoms with Crippen molar-refractivity contribution in [3.63, 3.8) is 0 Å². The Morgan fingerprint density at radius 2 is 1.72 bits per heavy atom. The standard InChI is InChI=1S/C19H18N2O4/c22-17-9-5-4-8-14(17)16-12-15(13-6-2-1-3-7-13)20-21(16)18(23)10-11-19(24)25/h1-9,16,22H,10-12H2,(H,24,25)/t16-/m0/s1. The predicted molar refractivity (Wildman–Crippen MR) is 92.2 cm³/mol. The first-order valence-electron chi connectivity index (χ1n) is 8.01. The van der Waals surface area contributed by atoms with E-state index in [0.29, 0.717) is 12.0 Å². The van der Waals surface area contributed by atoms with E-state index in [1.165, 1.54) is 5.01 Å². The van der Waals surface area contributed by atoms with Gasteiger partial charge in [0.25, 0.3) is 0 Å². The number of carboxylic acid groups (broad SMARTS) is 1. The predicted octanol–water partition coefficient (Wildman–Crippen LogP) is 2.93. The number of hydrogen-bond donors (Lipinski definition) is 2. The van der Waals surface area contributed by atoms with Crippen molar-refractivity contribution in [2.24, 2.45) is 5.10 Å². The van der Waals surface area contributed by atoms with Crippen LogP contribution in [-0.2, 0) is 9.59 Å². The molecular weight excluding hydrogens is 320 g/mol. The number of amides is 1. The molecule has 0 unspecified atom stereocenters. The number of hydrazone groups is 1. The fourth-order valence-electron chi connectivity index (χ4n) is 2.89. The number of phenols is 1. The van der Waals surface area contributed by atoms with Gasteiger partial charge >= 0.3 is 5.97 Å². The number of benzene rings is 2. The molecule has 0 saturated carbocycles. The Balaban J connectivity index is 1.92. The number of para-hydroxylation sites is 1. The number of carbonyl (C=O) groups excluding carboxylic acids is 1. The first-order valence-corrected chi connectivity index (χ1v) is 8.01. The molecule has 0 bridgehead atoms. The molecule has 1 atom stereocenters.